The van der Waals surface area contributed by atoms with Crippen molar-refractivity contribution in [3.8, 4) is 34.2 Å². The molecule has 1 amide bonds. The van der Waals surface area contributed by atoms with E-state index in [4.69, 9.17) is 4.74 Å². The predicted octanol–water partition coefficient (Wildman–Crippen LogP) is 3.24. The smallest absolute Gasteiger partial charge is 0.356 e. The van der Waals surface area contributed by atoms with Gasteiger partial charge in [0.15, 0.2) is 0 Å². The molecule has 1 fully saturated rings. The number of rotatable bonds is 4. The van der Waals surface area contributed by atoms with Gasteiger partial charge in [-0.3, -0.25) is 9.78 Å². The first-order valence-corrected chi connectivity index (χ1v) is 11.0. The van der Waals surface area contributed by atoms with E-state index >= 15 is 0 Å². The number of aromatic nitrogens is 2. The van der Waals surface area contributed by atoms with Gasteiger partial charge in [0.1, 0.15) is 5.69 Å². The van der Waals surface area contributed by atoms with Crippen LogP contribution in [0.4, 0.5) is 0 Å². The summed E-state index contributed by atoms with van der Waals surface area (Å²) in [6.07, 6.45) is 2.02. The van der Waals surface area contributed by atoms with Gasteiger partial charge >= 0.3 is 5.97 Å². The molecule has 0 saturated carbocycles. The van der Waals surface area contributed by atoms with Gasteiger partial charge in [-0.1, -0.05) is 30.0 Å². The summed E-state index contributed by atoms with van der Waals surface area (Å²) in [5.41, 5.74) is 2.98. The second-order valence-corrected chi connectivity index (χ2v) is 8.20. The molecule has 2 aromatic heterocycles. The number of likely N-dealkylation sites (tertiary alicyclic amines) is 1. The van der Waals surface area contributed by atoms with Crippen molar-refractivity contribution >= 4 is 11.9 Å². The van der Waals surface area contributed by atoms with Crippen molar-refractivity contribution in [2.75, 3.05) is 20.2 Å². The lowest BCUT2D eigenvalue weighted by atomic mass is 10.0. The van der Waals surface area contributed by atoms with Crippen molar-refractivity contribution in [2.24, 2.45) is 0 Å². The van der Waals surface area contributed by atoms with E-state index < -0.39 is 17.5 Å². The summed E-state index contributed by atoms with van der Waals surface area (Å²) >= 11 is 0. The van der Waals surface area contributed by atoms with Crippen molar-refractivity contribution in [1.82, 2.24) is 14.9 Å². The average molecular weight is 456 g/mol. The van der Waals surface area contributed by atoms with Gasteiger partial charge in [-0.05, 0) is 49.7 Å². The Kier molecular flexibility index (Phi) is 6.44. The SMILES string of the molecule is CCOC(=O)c1cc(-c2ccc(C)nc2)cc(-c2cccc(C#C[C@]3(O)CCN(C)C3=O)c2)n1. The lowest BCUT2D eigenvalue weighted by molar-refractivity contribution is -0.137. The third-order valence-corrected chi connectivity index (χ3v) is 5.64. The number of aliphatic hydroxyl groups is 1. The third-order valence-electron chi connectivity index (χ3n) is 5.64. The van der Waals surface area contributed by atoms with Crippen LogP contribution in [0.1, 0.15) is 35.1 Å². The van der Waals surface area contributed by atoms with E-state index in [1.165, 1.54) is 4.90 Å². The van der Waals surface area contributed by atoms with Crippen molar-refractivity contribution in [1.29, 1.82) is 0 Å². The summed E-state index contributed by atoms with van der Waals surface area (Å²) in [4.78, 5) is 35.0. The van der Waals surface area contributed by atoms with E-state index in [1.807, 2.05) is 43.3 Å². The first kappa shape index (κ1) is 23.1. The average Bonchev–Trinajstić information content (AvgIpc) is 3.11. The third kappa shape index (κ3) is 4.82. The normalized spacial score (nSPS) is 17.3. The molecule has 0 radical (unpaired) electrons. The van der Waals surface area contributed by atoms with Crippen molar-refractivity contribution in [3.05, 3.63) is 71.7 Å². The van der Waals surface area contributed by atoms with E-state index in [9.17, 15) is 14.7 Å². The molecule has 1 aromatic carbocycles. The number of pyridine rings is 2. The Bertz CT molecular complexity index is 1310. The lowest BCUT2D eigenvalue weighted by Crippen LogP contribution is -2.37. The molecule has 0 spiro atoms. The number of amides is 1. The van der Waals surface area contributed by atoms with Gasteiger partial charge in [0.25, 0.3) is 5.91 Å². The summed E-state index contributed by atoms with van der Waals surface area (Å²) in [5.74, 6) is 4.76. The second-order valence-electron chi connectivity index (χ2n) is 8.20. The predicted molar refractivity (Wildman–Crippen MR) is 128 cm³/mol. The van der Waals surface area contributed by atoms with Crippen LogP contribution < -0.4 is 0 Å². The Morgan fingerprint density at radius 1 is 1.18 bits per heavy atom. The maximum absolute atomic E-state index is 12.5. The fourth-order valence-corrected chi connectivity index (χ4v) is 3.69. The highest BCUT2D eigenvalue weighted by molar-refractivity contribution is 5.91. The standard InChI is InChI=1S/C27H25N3O4/c1-4-34-25(31)24-16-22(21-9-8-18(2)28-17-21)15-23(29-24)20-7-5-6-19(14-20)10-11-27(33)12-13-30(3)26(27)32/h5-9,14-17,33H,4,12-13H2,1-3H3/t27-/m0/s1. The number of benzene rings is 1. The maximum Gasteiger partial charge on any atom is 0.356 e. The van der Waals surface area contributed by atoms with Gasteiger partial charge in [0.2, 0.25) is 5.60 Å². The zero-order chi connectivity index (χ0) is 24.3. The zero-order valence-corrected chi connectivity index (χ0v) is 19.3. The minimum Gasteiger partial charge on any atom is -0.461 e. The van der Waals surface area contributed by atoms with Crippen molar-refractivity contribution in [2.45, 2.75) is 25.9 Å². The number of hydrogen-bond donors (Lipinski definition) is 1. The second kappa shape index (κ2) is 9.46. The van der Waals surface area contributed by atoms with Crippen LogP contribution >= 0.6 is 0 Å². The minimum absolute atomic E-state index is 0.195. The van der Waals surface area contributed by atoms with Gasteiger partial charge < -0.3 is 14.7 Å². The molecule has 7 heteroatoms. The highest BCUT2D eigenvalue weighted by atomic mass is 16.5. The van der Waals surface area contributed by atoms with Crippen LogP contribution in [-0.4, -0.2) is 57.7 Å². The van der Waals surface area contributed by atoms with Crippen LogP contribution in [-0.2, 0) is 9.53 Å². The summed E-state index contributed by atoms with van der Waals surface area (Å²) in [6, 6.07) is 14.7. The molecular weight excluding hydrogens is 430 g/mol. The van der Waals surface area contributed by atoms with Gasteiger partial charge in [-0.25, -0.2) is 9.78 Å². The van der Waals surface area contributed by atoms with Crippen LogP contribution in [0.3, 0.4) is 0 Å². The molecule has 1 atom stereocenters. The van der Waals surface area contributed by atoms with E-state index in [0.717, 1.165) is 22.4 Å². The van der Waals surface area contributed by atoms with Gasteiger partial charge in [0, 0.05) is 48.6 Å². The molecule has 1 N–H and O–H groups in total. The first-order chi connectivity index (χ1) is 16.3. The number of hydrogen-bond acceptors (Lipinski definition) is 6. The molecule has 34 heavy (non-hydrogen) atoms. The highest BCUT2D eigenvalue weighted by Crippen LogP contribution is 2.27. The lowest BCUT2D eigenvalue weighted by Gasteiger charge is -2.13. The maximum atomic E-state index is 12.5. The fourth-order valence-electron chi connectivity index (χ4n) is 3.69. The Morgan fingerprint density at radius 3 is 2.68 bits per heavy atom. The van der Waals surface area contributed by atoms with Crippen LogP contribution in [0.15, 0.2) is 54.7 Å². The molecule has 3 heterocycles. The molecule has 1 saturated heterocycles. The van der Waals surface area contributed by atoms with Gasteiger partial charge in [-0.2, -0.15) is 0 Å². The zero-order valence-electron chi connectivity index (χ0n) is 19.3. The monoisotopic (exact) mass is 455 g/mol. The Hall–Kier alpha value is -4.02. The minimum atomic E-state index is -1.67. The molecule has 1 aliphatic heterocycles. The largest absolute Gasteiger partial charge is 0.461 e. The quantitative estimate of drug-likeness (QED) is 0.480. The molecule has 7 nitrogen and oxygen atoms in total. The topological polar surface area (TPSA) is 92.6 Å². The molecule has 0 bridgehead atoms. The first-order valence-electron chi connectivity index (χ1n) is 11.0. The number of aryl methyl sites for hydroxylation is 1. The molecular formula is C27H25N3O4. The number of esters is 1. The van der Waals surface area contributed by atoms with Crippen LogP contribution in [0.5, 0.6) is 0 Å². The molecule has 1 aliphatic rings. The number of likely N-dealkylation sites (N-methyl/N-ethyl adjacent to an activating group) is 1. The summed E-state index contributed by atoms with van der Waals surface area (Å²) in [7, 11) is 1.64. The van der Waals surface area contributed by atoms with E-state index in [1.54, 1.807) is 32.3 Å². The summed E-state index contributed by atoms with van der Waals surface area (Å²) < 4.78 is 5.17. The Labute approximate surface area is 198 Å². The summed E-state index contributed by atoms with van der Waals surface area (Å²) in [6.45, 7) is 4.36. The highest BCUT2D eigenvalue weighted by Gasteiger charge is 2.42. The number of nitrogens with zero attached hydrogens (tertiary/aromatic N) is 3. The molecule has 4 rings (SSSR count). The van der Waals surface area contributed by atoms with Crippen LogP contribution in [0, 0.1) is 18.8 Å². The van der Waals surface area contributed by atoms with Crippen LogP contribution in [0.2, 0.25) is 0 Å². The molecule has 3 aromatic rings. The number of carbonyl (C=O) groups excluding carboxylic acids is 2. The van der Waals surface area contributed by atoms with E-state index in [0.29, 0.717) is 17.8 Å². The fraction of sp³-hybridized carbons (Fsp3) is 0.259. The summed E-state index contributed by atoms with van der Waals surface area (Å²) in [5, 5.41) is 10.6. The molecule has 172 valence electrons. The number of carbonyl (C=O) groups is 2. The van der Waals surface area contributed by atoms with Crippen molar-refractivity contribution in [3.63, 3.8) is 0 Å². The number of ether oxygens (including phenoxy) is 1. The van der Waals surface area contributed by atoms with Crippen LogP contribution in [0.25, 0.3) is 22.4 Å². The van der Waals surface area contributed by atoms with Gasteiger partial charge in [-0.15, -0.1) is 0 Å². The van der Waals surface area contributed by atoms with E-state index in [2.05, 4.69) is 21.8 Å². The Morgan fingerprint density at radius 2 is 2.00 bits per heavy atom. The van der Waals surface area contributed by atoms with Crippen molar-refractivity contribution < 1.29 is 19.4 Å². The van der Waals surface area contributed by atoms with E-state index in [-0.39, 0.29) is 18.7 Å². The van der Waals surface area contributed by atoms with Gasteiger partial charge in [0.05, 0.1) is 12.3 Å². The molecule has 0 aliphatic carbocycles. The molecule has 0 unspecified atom stereocenters. The Balaban J connectivity index is 1.74.